The Morgan fingerprint density at radius 2 is 1.82 bits per heavy atom. The Labute approximate surface area is 136 Å². The molecule has 0 radical (unpaired) electrons. The van der Waals surface area contributed by atoms with Gasteiger partial charge in [0.25, 0.3) is 0 Å². The van der Waals surface area contributed by atoms with Crippen molar-refractivity contribution in [1.29, 1.82) is 0 Å². The molecule has 1 aliphatic heterocycles. The van der Waals surface area contributed by atoms with Crippen LogP contribution in [0.25, 0.3) is 0 Å². The van der Waals surface area contributed by atoms with E-state index in [1.54, 1.807) is 11.3 Å². The Morgan fingerprint density at radius 3 is 2.41 bits per heavy atom. The van der Waals surface area contributed by atoms with E-state index in [0.717, 1.165) is 44.3 Å². The van der Waals surface area contributed by atoms with E-state index in [1.165, 1.54) is 11.5 Å². The van der Waals surface area contributed by atoms with Gasteiger partial charge in [-0.1, -0.05) is 0 Å². The van der Waals surface area contributed by atoms with Gasteiger partial charge >= 0.3 is 0 Å². The first-order chi connectivity index (χ1) is 10.6. The zero-order valence-corrected chi connectivity index (χ0v) is 14.5. The molecule has 0 unspecified atom stereocenters. The smallest absolute Gasteiger partial charge is 0.123 e. The molecular formula is C16H25N5S. The van der Waals surface area contributed by atoms with Crippen LogP contribution in [0.2, 0.25) is 0 Å². The maximum Gasteiger partial charge on any atom is 0.123 e. The number of thiazole rings is 1. The van der Waals surface area contributed by atoms with Crippen LogP contribution in [0.15, 0.2) is 17.8 Å². The first-order valence-electron chi connectivity index (χ1n) is 7.99. The van der Waals surface area contributed by atoms with Crippen LogP contribution in [0.4, 0.5) is 0 Å². The lowest BCUT2D eigenvalue weighted by Gasteiger charge is -2.34. The van der Waals surface area contributed by atoms with E-state index in [0.29, 0.717) is 6.04 Å². The van der Waals surface area contributed by atoms with E-state index in [1.807, 2.05) is 6.20 Å². The average molecular weight is 319 g/mol. The molecular weight excluding hydrogens is 294 g/mol. The minimum absolute atomic E-state index is 0.478. The third-order valence-corrected chi connectivity index (χ3v) is 5.01. The van der Waals surface area contributed by atoms with Crippen molar-refractivity contribution >= 4 is 11.3 Å². The van der Waals surface area contributed by atoms with Crippen molar-refractivity contribution in [2.45, 2.75) is 39.9 Å². The Morgan fingerprint density at radius 1 is 1.14 bits per heavy atom. The van der Waals surface area contributed by atoms with Crippen molar-refractivity contribution in [3.05, 3.63) is 34.3 Å². The third kappa shape index (κ3) is 3.74. The fourth-order valence-electron chi connectivity index (χ4n) is 2.95. The van der Waals surface area contributed by atoms with Crippen molar-refractivity contribution in [3.8, 4) is 0 Å². The number of piperazine rings is 1. The lowest BCUT2D eigenvalue weighted by atomic mass is 10.3. The Kier molecular flexibility index (Phi) is 4.90. The van der Waals surface area contributed by atoms with E-state index >= 15 is 0 Å². The number of hydrogen-bond donors (Lipinski definition) is 0. The van der Waals surface area contributed by atoms with Crippen LogP contribution in [-0.2, 0) is 13.1 Å². The summed E-state index contributed by atoms with van der Waals surface area (Å²) in [7, 11) is 0. The fourth-order valence-corrected chi connectivity index (χ4v) is 3.56. The fraction of sp³-hybridized carbons (Fsp3) is 0.625. The van der Waals surface area contributed by atoms with E-state index in [-0.39, 0.29) is 0 Å². The molecule has 0 atom stereocenters. The van der Waals surface area contributed by atoms with Gasteiger partial charge in [0.1, 0.15) is 5.82 Å². The number of aromatic nitrogens is 3. The maximum absolute atomic E-state index is 4.57. The van der Waals surface area contributed by atoms with Crippen molar-refractivity contribution in [2.75, 3.05) is 26.2 Å². The van der Waals surface area contributed by atoms with Crippen molar-refractivity contribution in [3.63, 3.8) is 0 Å². The van der Waals surface area contributed by atoms with Crippen LogP contribution in [0.5, 0.6) is 0 Å². The summed E-state index contributed by atoms with van der Waals surface area (Å²) in [6, 6.07) is 0.478. The van der Waals surface area contributed by atoms with Crippen molar-refractivity contribution < 1.29 is 0 Å². The zero-order valence-electron chi connectivity index (χ0n) is 13.7. The molecule has 0 saturated carbocycles. The molecule has 6 heteroatoms. The van der Waals surface area contributed by atoms with E-state index in [4.69, 9.17) is 0 Å². The summed E-state index contributed by atoms with van der Waals surface area (Å²) >= 11 is 1.74. The molecule has 3 heterocycles. The molecule has 120 valence electrons. The van der Waals surface area contributed by atoms with Gasteiger partial charge in [-0.25, -0.2) is 9.97 Å². The largest absolute Gasteiger partial charge is 0.331 e. The van der Waals surface area contributed by atoms with Crippen LogP contribution in [-0.4, -0.2) is 50.5 Å². The average Bonchev–Trinajstić information content (AvgIpc) is 3.10. The number of rotatable bonds is 5. The van der Waals surface area contributed by atoms with Crippen LogP contribution in [0.3, 0.4) is 0 Å². The molecule has 3 rings (SSSR count). The summed E-state index contributed by atoms with van der Waals surface area (Å²) in [5, 5.41) is 3.34. The number of nitrogens with zero attached hydrogens (tertiary/aromatic N) is 5. The third-order valence-electron chi connectivity index (χ3n) is 4.19. The molecule has 5 nitrogen and oxygen atoms in total. The molecule has 0 N–H and O–H groups in total. The molecule has 1 saturated heterocycles. The van der Waals surface area contributed by atoms with Crippen LogP contribution < -0.4 is 0 Å². The second kappa shape index (κ2) is 6.89. The van der Waals surface area contributed by atoms with E-state index < -0.39 is 0 Å². The van der Waals surface area contributed by atoms with Crippen molar-refractivity contribution in [1.82, 2.24) is 24.3 Å². The maximum atomic E-state index is 4.57. The minimum Gasteiger partial charge on any atom is -0.331 e. The minimum atomic E-state index is 0.478. The summed E-state index contributed by atoms with van der Waals surface area (Å²) in [5.74, 6) is 1.18. The highest BCUT2D eigenvalue weighted by atomic mass is 32.1. The molecule has 2 aromatic heterocycles. The molecule has 22 heavy (non-hydrogen) atoms. The molecule has 2 aromatic rings. The lowest BCUT2D eigenvalue weighted by molar-refractivity contribution is 0.117. The summed E-state index contributed by atoms with van der Waals surface area (Å²) < 4.78 is 2.27. The standard InChI is InChI=1S/C16H25N5S/c1-13(2)21-5-4-17-16(21)11-20-8-6-19(7-9-20)10-15-12-22-14(3)18-15/h4-5,12-13H,6-11H2,1-3H3. The molecule has 0 amide bonds. The van der Waals surface area contributed by atoms with Gasteiger partial charge in [0.15, 0.2) is 0 Å². The van der Waals surface area contributed by atoms with Gasteiger partial charge in [0, 0.05) is 56.5 Å². The van der Waals surface area contributed by atoms with E-state index in [2.05, 4.69) is 56.7 Å². The van der Waals surface area contributed by atoms with Gasteiger partial charge < -0.3 is 4.57 Å². The topological polar surface area (TPSA) is 37.2 Å². The van der Waals surface area contributed by atoms with Crippen molar-refractivity contribution in [2.24, 2.45) is 0 Å². The SMILES string of the molecule is Cc1nc(CN2CCN(Cc3nccn3C(C)C)CC2)cs1. The highest BCUT2D eigenvalue weighted by Crippen LogP contribution is 2.14. The molecule has 0 bridgehead atoms. The lowest BCUT2D eigenvalue weighted by Crippen LogP contribution is -2.45. The summed E-state index contributed by atoms with van der Waals surface area (Å²) in [6.45, 7) is 12.9. The second-order valence-corrected chi connectivity index (χ2v) is 7.32. The highest BCUT2D eigenvalue weighted by Gasteiger charge is 2.19. The summed E-state index contributed by atoms with van der Waals surface area (Å²) in [5.41, 5.74) is 1.21. The first-order valence-corrected chi connectivity index (χ1v) is 8.87. The summed E-state index contributed by atoms with van der Waals surface area (Å²) in [6.07, 6.45) is 4.00. The summed E-state index contributed by atoms with van der Waals surface area (Å²) in [4.78, 5) is 14.1. The van der Waals surface area contributed by atoms with Crippen LogP contribution in [0.1, 0.15) is 36.4 Å². The van der Waals surface area contributed by atoms with E-state index in [9.17, 15) is 0 Å². The normalized spacial score (nSPS) is 17.5. The molecule has 0 spiro atoms. The monoisotopic (exact) mass is 319 g/mol. The number of aryl methyl sites for hydroxylation is 1. The molecule has 1 aliphatic rings. The van der Waals surface area contributed by atoms with Crippen LogP contribution in [0, 0.1) is 6.92 Å². The van der Waals surface area contributed by atoms with Crippen LogP contribution >= 0.6 is 11.3 Å². The van der Waals surface area contributed by atoms with Gasteiger partial charge in [-0.05, 0) is 20.8 Å². The van der Waals surface area contributed by atoms with Gasteiger partial charge in [-0.2, -0.15) is 0 Å². The Hall–Kier alpha value is -1.24. The Bertz CT molecular complexity index is 595. The highest BCUT2D eigenvalue weighted by molar-refractivity contribution is 7.09. The second-order valence-electron chi connectivity index (χ2n) is 6.25. The predicted octanol–water partition coefficient (Wildman–Crippen LogP) is 2.55. The van der Waals surface area contributed by atoms with Gasteiger partial charge in [0.2, 0.25) is 0 Å². The number of imidazole rings is 1. The van der Waals surface area contributed by atoms with Gasteiger partial charge in [-0.3, -0.25) is 9.80 Å². The number of hydrogen-bond acceptors (Lipinski definition) is 5. The Balaban J connectivity index is 1.50. The first kappa shape index (κ1) is 15.6. The zero-order chi connectivity index (χ0) is 15.5. The van der Waals surface area contributed by atoms with Gasteiger partial charge in [0.05, 0.1) is 17.2 Å². The molecule has 0 aromatic carbocycles. The quantitative estimate of drug-likeness (QED) is 0.849. The van der Waals surface area contributed by atoms with Gasteiger partial charge in [-0.15, -0.1) is 11.3 Å². The molecule has 0 aliphatic carbocycles. The molecule has 1 fully saturated rings. The predicted molar refractivity (Wildman–Crippen MR) is 90.0 cm³/mol.